The Morgan fingerprint density at radius 2 is 1.89 bits per heavy atom. The van der Waals surface area contributed by atoms with Gasteiger partial charge >= 0.3 is 0 Å². The zero-order chi connectivity index (χ0) is 19.6. The number of nitrogens with zero attached hydrogens (tertiary/aromatic N) is 1. The maximum Gasteiger partial charge on any atom is 0.150 e. The van der Waals surface area contributed by atoms with E-state index in [2.05, 4.69) is 29.1 Å². The highest BCUT2D eigenvalue weighted by Crippen LogP contribution is 2.31. The number of H-pyrrole nitrogens is 1. The Bertz CT molecular complexity index is 897. The zero-order valence-electron chi connectivity index (χ0n) is 15.8. The number of rotatable bonds is 1. The number of halogens is 2. The summed E-state index contributed by atoms with van der Waals surface area (Å²) in [7, 11) is 0. The molecule has 2 atom stereocenters. The van der Waals surface area contributed by atoms with Crippen LogP contribution in [0.2, 0.25) is 5.02 Å². The SMILES string of the molecule is CC1CNCC(C)C1O.Cc1cc(Cl)cc(-c2ccnc3[nH]cc(F)c23)c1. The summed E-state index contributed by atoms with van der Waals surface area (Å²) in [5, 5.41) is 13.8. The van der Waals surface area contributed by atoms with Crippen molar-refractivity contribution < 1.29 is 9.50 Å². The summed E-state index contributed by atoms with van der Waals surface area (Å²) < 4.78 is 13.8. The number of hydrogen-bond acceptors (Lipinski definition) is 3. The van der Waals surface area contributed by atoms with Crippen molar-refractivity contribution in [2.45, 2.75) is 26.9 Å². The minimum atomic E-state index is -0.300. The molecule has 1 aliphatic rings. The number of benzene rings is 1. The average Bonchev–Trinajstić information content (AvgIpc) is 3.01. The van der Waals surface area contributed by atoms with Gasteiger partial charge in [-0.3, -0.25) is 0 Å². The van der Waals surface area contributed by atoms with Crippen molar-refractivity contribution in [2.24, 2.45) is 11.8 Å². The van der Waals surface area contributed by atoms with E-state index in [9.17, 15) is 9.50 Å². The molecule has 0 amide bonds. The van der Waals surface area contributed by atoms with Gasteiger partial charge in [-0.25, -0.2) is 9.37 Å². The van der Waals surface area contributed by atoms with Crippen LogP contribution >= 0.6 is 11.6 Å². The van der Waals surface area contributed by atoms with Crippen LogP contribution in [0.5, 0.6) is 0 Å². The van der Waals surface area contributed by atoms with E-state index in [1.807, 2.05) is 25.1 Å². The lowest BCUT2D eigenvalue weighted by molar-refractivity contribution is 0.0434. The first-order chi connectivity index (χ1) is 12.9. The van der Waals surface area contributed by atoms with Gasteiger partial charge < -0.3 is 15.4 Å². The van der Waals surface area contributed by atoms with E-state index in [1.165, 1.54) is 6.20 Å². The van der Waals surface area contributed by atoms with Gasteiger partial charge in [-0.15, -0.1) is 0 Å². The number of aryl methyl sites for hydroxylation is 1. The van der Waals surface area contributed by atoms with Crippen LogP contribution in [0.1, 0.15) is 19.4 Å². The van der Waals surface area contributed by atoms with Crippen molar-refractivity contribution in [3.05, 3.63) is 53.1 Å². The third-order valence-corrected chi connectivity index (χ3v) is 5.20. The molecule has 4 nitrogen and oxygen atoms in total. The van der Waals surface area contributed by atoms with Crippen molar-refractivity contribution in [3.63, 3.8) is 0 Å². The second kappa shape index (κ2) is 8.38. The molecular weight excluding hydrogens is 365 g/mol. The highest BCUT2D eigenvalue weighted by Gasteiger charge is 2.24. The third kappa shape index (κ3) is 4.49. The lowest BCUT2D eigenvalue weighted by Gasteiger charge is -2.30. The summed E-state index contributed by atoms with van der Waals surface area (Å²) in [6.45, 7) is 8.04. The molecule has 1 aromatic carbocycles. The topological polar surface area (TPSA) is 60.9 Å². The Morgan fingerprint density at radius 3 is 2.52 bits per heavy atom. The summed E-state index contributed by atoms with van der Waals surface area (Å²) in [5.41, 5.74) is 3.27. The predicted octanol–water partition coefficient (Wildman–Crippen LogP) is 4.55. The summed E-state index contributed by atoms with van der Waals surface area (Å²) in [6, 6.07) is 7.48. The largest absolute Gasteiger partial charge is 0.392 e. The first kappa shape index (κ1) is 19.8. The number of piperidine rings is 1. The number of hydrogen-bond donors (Lipinski definition) is 3. The maximum atomic E-state index is 13.8. The number of aliphatic hydroxyl groups is 1. The Hall–Kier alpha value is -1.95. The molecule has 0 bridgehead atoms. The van der Waals surface area contributed by atoms with Gasteiger partial charge in [0.25, 0.3) is 0 Å². The molecule has 2 aromatic heterocycles. The Kier molecular flexibility index (Phi) is 6.15. The Balaban J connectivity index is 0.000000197. The van der Waals surface area contributed by atoms with E-state index in [-0.39, 0.29) is 11.9 Å². The van der Waals surface area contributed by atoms with Crippen LogP contribution in [0.3, 0.4) is 0 Å². The molecule has 4 rings (SSSR count). The van der Waals surface area contributed by atoms with Crippen LogP contribution in [0.25, 0.3) is 22.2 Å². The molecule has 27 heavy (non-hydrogen) atoms. The van der Waals surface area contributed by atoms with Crippen molar-refractivity contribution >= 4 is 22.6 Å². The molecule has 0 aliphatic carbocycles. The van der Waals surface area contributed by atoms with Gasteiger partial charge in [-0.05, 0) is 53.6 Å². The smallest absolute Gasteiger partial charge is 0.150 e. The number of aromatic nitrogens is 2. The molecule has 3 heterocycles. The van der Waals surface area contributed by atoms with Crippen molar-refractivity contribution in [3.8, 4) is 11.1 Å². The number of pyridine rings is 1. The second-order valence-electron chi connectivity index (χ2n) is 7.34. The normalized spacial score (nSPS) is 22.4. The van der Waals surface area contributed by atoms with Crippen LogP contribution in [-0.2, 0) is 0 Å². The van der Waals surface area contributed by atoms with Gasteiger partial charge in [0.05, 0.1) is 11.5 Å². The first-order valence-electron chi connectivity index (χ1n) is 9.14. The zero-order valence-corrected chi connectivity index (χ0v) is 16.5. The monoisotopic (exact) mass is 389 g/mol. The summed E-state index contributed by atoms with van der Waals surface area (Å²) in [6.07, 6.45) is 2.88. The van der Waals surface area contributed by atoms with Crippen LogP contribution in [0.4, 0.5) is 4.39 Å². The van der Waals surface area contributed by atoms with Crippen molar-refractivity contribution in [1.82, 2.24) is 15.3 Å². The number of aliphatic hydroxyl groups excluding tert-OH is 1. The third-order valence-electron chi connectivity index (χ3n) is 4.98. The van der Waals surface area contributed by atoms with Crippen LogP contribution < -0.4 is 5.32 Å². The van der Waals surface area contributed by atoms with Crippen molar-refractivity contribution in [2.75, 3.05) is 13.1 Å². The molecule has 0 radical (unpaired) electrons. The number of aromatic amines is 1. The predicted molar refractivity (Wildman–Crippen MR) is 108 cm³/mol. The van der Waals surface area contributed by atoms with Crippen LogP contribution in [0, 0.1) is 24.6 Å². The maximum absolute atomic E-state index is 13.8. The van der Waals surface area contributed by atoms with Crippen LogP contribution in [0.15, 0.2) is 36.7 Å². The van der Waals surface area contributed by atoms with Gasteiger partial charge in [0, 0.05) is 30.5 Å². The molecule has 1 saturated heterocycles. The molecular formula is C21H25ClFN3O. The highest BCUT2D eigenvalue weighted by molar-refractivity contribution is 6.31. The van der Waals surface area contributed by atoms with Gasteiger partial charge in [0.1, 0.15) is 5.65 Å². The molecule has 0 saturated carbocycles. The van der Waals surface area contributed by atoms with Gasteiger partial charge in [-0.1, -0.05) is 31.5 Å². The highest BCUT2D eigenvalue weighted by atomic mass is 35.5. The van der Waals surface area contributed by atoms with Gasteiger partial charge in [0.15, 0.2) is 5.82 Å². The number of nitrogens with one attached hydrogen (secondary N) is 2. The average molecular weight is 390 g/mol. The Labute approximate surface area is 163 Å². The fourth-order valence-electron chi connectivity index (χ4n) is 3.49. The standard InChI is InChI=1S/C14H10ClFN2.C7H15NO/c1-8-4-9(6-10(15)5-8)11-2-3-17-14-13(11)12(16)7-18-14;1-5-3-8-4-6(2)7(5)9/h2-7H,1H3,(H,17,18);5-9H,3-4H2,1-2H3. The minimum Gasteiger partial charge on any atom is -0.392 e. The molecule has 3 aromatic rings. The summed E-state index contributed by atoms with van der Waals surface area (Å²) >= 11 is 6.05. The van der Waals surface area contributed by atoms with E-state index in [4.69, 9.17) is 11.6 Å². The summed E-state index contributed by atoms with van der Waals surface area (Å²) in [5.74, 6) is 0.549. The first-order valence-corrected chi connectivity index (χ1v) is 9.52. The second-order valence-corrected chi connectivity index (χ2v) is 7.78. The fourth-order valence-corrected chi connectivity index (χ4v) is 3.78. The molecule has 6 heteroatoms. The van der Waals surface area contributed by atoms with E-state index >= 15 is 0 Å². The van der Waals surface area contributed by atoms with E-state index in [0.29, 0.717) is 27.9 Å². The Morgan fingerprint density at radius 1 is 1.19 bits per heavy atom. The van der Waals surface area contributed by atoms with Gasteiger partial charge in [0.2, 0.25) is 0 Å². The molecule has 2 unspecified atom stereocenters. The number of fused-ring (bicyclic) bond motifs is 1. The van der Waals surface area contributed by atoms with Crippen molar-refractivity contribution in [1.29, 1.82) is 0 Å². The summed E-state index contributed by atoms with van der Waals surface area (Å²) in [4.78, 5) is 6.91. The van der Waals surface area contributed by atoms with E-state index in [1.54, 1.807) is 12.3 Å². The van der Waals surface area contributed by atoms with E-state index in [0.717, 1.165) is 29.8 Å². The molecule has 3 N–H and O–H groups in total. The van der Waals surface area contributed by atoms with Crippen LogP contribution in [-0.4, -0.2) is 34.3 Å². The molecule has 144 valence electrons. The molecule has 0 spiro atoms. The molecule has 1 aliphatic heterocycles. The lowest BCUT2D eigenvalue weighted by atomic mass is 9.90. The fraction of sp³-hybridized carbons (Fsp3) is 0.381. The van der Waals surface area contributed by atoms with E-state index < -0.39 is 0 Å². The quantitative estimate of drug-likeness (QED) is 0.572. The lowest BCUT2D eigenvalue weighted by Crippen LogP contribution is -2.44. The minimum absolute atomic E-state index is 0.0914. The van der Waals surface area contributed by atoms with Gasteiger partial charge in [-0.2, -0.15) is 0 Å². The molecule has 1 fully saturated rings.